The van der Waals surface area contributed by atoms with Gasteiger partial charge in [-0.1, -0.05) is 84.7 Å². The van der Waals surface area contributed by atoms with E-state index in [4.69, 9.17) is 32.7 Å². The van der Waals surface area contributed by atoms with Crippen LogP contribution in [0.15, 0.2) is 78.9 Å². The third kappa shape index (κ3) is 6.92. The lowest BCUT2D eigenvalue weighted by atomic mass is 9.89. The average Bonchev–Trinajstić information content (AvgIpc) is 2.93. The first-order chi connectivity index (χ1) is 18.4. The number of esters is 1. The molecule has 1 aliphatic rings. The fourth-order valence-electron chi connectivity index (χ4n) is 4.76. The van der Waals surface area contributed by atoms with E-state index in [-0.39, 0.29) is 18.4 Å². The van der Waals surface area contributed by atoms with E-state index in [9.17, 15) is 9.59 Å². The van der Waals surface area contributed by atoms with Crippen LogP contribution in [0.5, 0.6) is 0 Å². The molecule has 1 aliphatic heterocycles. The summed E-state index contributed by atoms with van der Waals surface area (Å²) in [6.45, 7) is 2.08. The average molecular weight is 573 g/mol. The molecule has 0 saturated carbocycles. The lowest BCUT2D eigenvalue weighted by Gasteiger charge is -2.48. The number of rotatable bonds is 10. The van der Waals surface area contributed by atoms with Crippen LogP contribution in [0.1, 0.15) is 48.6 Å². The Bertz CT molecular complexity index is 1220. The number of hydrogen-bond donors (Lipinski definition) is 0. The van der Waals surface area contributed by atoms with Gasteiger partial charge in [-0.3, -0.25) is 9.59 Å². The molecule has 4 atom stereocenters. The van der Waals surface area contributed by atoms with E-state index in [2.05, 4.69) is 19.1 Å². The van der Waals surface area contributed by atoms with Gasteiger partial charge in [0.1, 0.15) is 12.2 Å². The van der Waals surface area contributed by atoms with Gasteiger partial charge in [0.05, 0.1) is 19.6 Å². The molecule has 0 radical (unpaired) electrons. The smallest absolute Gasteiger partial charge is 0.308 e. The van der Waals surface area contributed by atoms with Crippen LogP contribution in [-0.2, 0) is 24.8 Å². The maximum Gasteiger partial charge on any atom is 0.308 e. The quantitative estimate of drug-likeness (QED) is 0.239. The molecule has 1 fully saturated rings. The van der Waals surface area contributed by atoms with Gasteiger partial charge in [0, 0.05) is 27.6 Å². The minimum absolute atomic E-state index is 0.0948. The van der Waals surface area contributed by atoms with Crippen molar-refractivity contribution in [3.05, 3.63) is 106 Å². The third-order valence-corrected chi connectivity index (χ3v) is 8.33. The van der Waals surface area contributed by atoms with Crippen LogP contribution in [-0.4, -0.2) is 41.8 Å². The second-order valence-electron chi connectivity index (χ2n) is 9.19. The van der Waals surface area contributed by atoms with Crippen molar-refractivity contribution < 1.29 is 19.1 Å². The molecule has 1 heterocycles. The van der Waals surface area contributed by atoms with Crippen molar-refractivity contribution in [1.82, 2.24) is 4.90 Å². The van der Waals surface area contributed by atoms with Crippen molar-refractivity contribution in [2.75, 3.05) is 12.9 Å². The van der Waals surface area contributed by atoms with Gasteiger partial charge >= 0.3 is 5.97 Å². The molecule has 3 aromatic carbocycles. The number of nitrogens with zero attached hydrogens (tertiary/aromatic N) is 1. The molecule has 0 aromatic heterocycles. The Hall–Kier alpha value is -2.51. The van der Waals surface area contributed by atoms with Crippen LogP contribution in [0.3, 0.4) is 0 Å². The number of halogens is 2. The van der Waals surface area contributed by atoms with Gasteiger partial charge in [-0.2, -0.15) is 11.8 Å². The van der Waals surface area contributed by atoms with E-state index < -0.39 is 24.2 Å². The third-order valence-electron chi connectivity index (χ3n) is 6.68. The van der Waals surface area contributed by atoms with Gasteiger partial charge in [-0.25, -0.2) is 0 Å². The minimum atomic E-state index is -0.969. The largest absolute Gasteiger partial charge is 0.469 e. The van der Waals surface area contributed by atoms with Crippen molar-refractivity contribution in [3.8, 4) is 0 Å². The molecule has 4 rings (SSSR count). The number of carbonyl (C=O) groups is 2. The Balaban J connectivity index is 1.73. The fraction of sp³-hybridized carbons (Fsp3) is 0.333. The Kier molecular flexibility index (Phi) is 10.1. The zero-order chi connectivity index (χ0) is 27.1. The number of hydrogen-bond acceptors (Lipinski definition) is 5. The molecule has 0 aliphatic carbocycles. The van der Waals surface area contributed by atoms with Crippen LogP contribution in [0.4, 0.5) is 0 Å². The fourth-order valence-corrected chi connectivity index (χ4v) is 6.30. The molecule has 5 nitrogen and oxygen atoms in total. The number of amides is 1. The highest BCUT2D eigenvalue weighted by molar-refractivity contribution is 7.98. The van der Waals surface area contributed by atoms with E-state index in [0.717, 1.165) is 29.1 Å². The van der Waals surface area contributed by atoms with E-state index in [0.29, 0.717) is 10.0 Å². The molecular weight excluding hydrogens is 541 g/mol. The topological polar surface area (TPSA) is 55.8 Å². The number of carbonyl (C=O) groups excluding carboxylic acids is 2. The normalized spacial score (nSPS) is 20.3. The Labute approximate surface area is 238 Å². The summed E-state index contributed by atoms with van der Waals surface area (Å²) >= 11 is 14.4. The molecule has 0 N–H and O–H groups in total. The van der Waals surface area contributed by atoms with Crippen LogP contribution in [0.2, 0.25) is 10.0 Å². The van der Waals surface area contributed by atoms with Gasteiger partial charge < -0.3 is 14.4 Å². The summed E-state index contributed by atoms with van der Waals surface area (Å²) in [4.78, 5) is 28.2. The summed E-state index contributed by atoms with van der Waals surface area (Å²) in [5.74, 6) is 0.851. The van der Waals surface area contributed by atoms with Gasteiger partial charge in [-0.15, -0.1) is 0 Å². The highest BCUT2D eigenvalue weighted by Gasteiger charge is 2.47. The van der Waals surface area contributed by atoms with E-state index in [1.165, 1.54) is 12.7 Å². The molecule has 0 bridgehead atoms. The number of benzene rings is 3. The first-order valence-electron chi connectivity index (χ1n) is 12.6. The Morgan fingerprint density at radius 3 is 2.39 bits per heavy atom. The van der Waals surface area contributed by atoms with Crippen molar-refractivity contribution in [2.45, 2.75) is 49.8 Å². The monoisotopic (exact) mass is 571 g/mol. The van der Waals surface area contributed by atoms with E-state index in [1.54, 1.807) is 17.8 Å². The lowest BCUT2D eigenvalue weighted by molar-refractivity contribution is -0.183. The summed E-state index contributed by atoms with van der Waals surface area (Å²) in [6.07, 6.45) is -0.937. The molecule has 3 aromatic rings. The highest BCUT2D eigenvalue weighted by atomic mass is 35.5. The maximum atomic E-state index is 14.0. The summed E-state index contributed by atoms with van der Waals surface area (Å²) in [7, 11) is 1.31. The standard InChI is InChI=1S/C30H31Cl2NO4S/c1-3-25(19-38-18-20-8-5-4-6-9-20)33-28(21-12-14-23(31)15-13-21)29(22-10-7-11-24(32)16-22)37-26(30(33)35)17-27(34)36-2/h4-16,25-26,28-29H,3,17-19H2,1-2H3/t25-,26+,28?,29+/m0/s1. The molecule has 1 unspecified atom stereocenters. The first-order valence-corrected chi connectivity index (χ1v) is 14.5. The predicted molar refractivity (Wildman–Crippen MR) is 153 cm³/mol. The molecule has 8 heteroatoms. The highest BCUT2D eigenvalue weighted by Crippen LogP contribution is 2.45. The number of methoxy groups -OCH3 is 1. The second-order valence-corrected chi connectivity index (χ2v) is 11.1. The van der Waals surface area contributed by atoms with Gasteiger partial charge in [0.25, 0.3) is 5.91 Å². The summed E-state index contributed by atoms with van der Waals surface area (Å²) in [5.41, 5.74) is 2.96. The van der Waals surface area contributed by atoms with Gasteiger partial charge in [-0.05, 0) is 47.4 Å². The molecule has 38 heavy (non-hydrogen) atoms. The van der Waals surface area contributed by atoms with Crippen molar-refractivity contribution in [2.24, 2.45) is 0 Å². The van der Waals surface area contributed by atoms with Crippen LogP contribution < -0.4 is 0 Å². The number of thioether (sulfide) groups is 1. The molecule has 200 valence electrons. The molecule has 1 amide bonds. The summed E-state index contributed by atoms with van der Waals surface area (Å²) < 4.78 is 11.3. The van der Waals surface area contributed by atoms with Gasteiger partial charge in [0.15, 0.2) is 0 Å². The van der Waals surface area contributed by atoms with E-state index >= 15 is 0 Å². The Morgan fingerprint density at radius 1 is 1.00 bits per heavy atom. The van der Waals surface area contributed by atoms with Crippen molar-refractivity contribution >= 4 is 46.8 Å². The van der Waals surface area contributed by atoms with Crippen molar-refractivity contribution in [3.63, 3.8) is 0 Å². The second kappa shape index (κ2) is 13.5. The first kappa shape index (κ1) is 28.5. The summed E-state index contributed by atoms with van der Waals surface area (Å²) in [5, 5.41) is 1.18. The number of ether oxygens (including phenoxy) is 2. The molecule has 0 spiro atoms. The van der Waals surface area contributed by atoms with Crippen LogP contribution >= 0.6 is 35.0 Å². The lowest BCUT2D eigenvalue weighted by Crippen LogP contribution is -2.55. The van der Waals surface area contributed by atoms with Crippen LogP contribution in [0.25, 0.3) is 0 Å². The van der Waals surface area contributed by atoms with Gasteiger partial charge in [0.2, 0.25) is 0 Å². The minimum Gasteiger partial charge on any atom is -0.469 e. The maximum absolute atomic E-state index is 14.0. The number of morpholine rings is 1. The summed E-state index contributed by atoms with van der Waals surface area (Å²) in [6, 6.07) is 24.7. The SMILES string of the molecule is CC[C@@H](CSCc1ccccc1)N1C(=O)[C@@H](CC(=O)OC)O[C@H](c2cccc(Cl)c2)C1c1ccc(Cl)cc1. The van der Waals surface area contributed by atoms with Crippen LogP contribution in [0, 0.1) is 0 Å². The van der Waals surface area contributed by atoms with Crippen molar-refractivity contribution in [1.29, 1.82) is 0 Å². The Morgan fingerprint density at radius 2 is 1.74 bits per heavy atom. The zero-order valence-electron chi connectivity index (χ0n) is 21.4. The predicted octanol–water partition coefficient (Wildman–Crippen LogP) is 7.28. The molecule has 1 saturated heterocycles. The van der Waals surface area contributed by atoms with E-state index in [1.807, 2.05) is 65.6 Å². The molecular formula is C30H31Cl2NO4S. The zero-order valence-corrected chi connectivity index (χ0v) is 23.7.